The van der Waals surface area contributed by atoms with Crippen LogP contribution in [0.5, 0.6) is 0 Å². The second kappa shape index (κ2) is 9.64. The summed E-state index contributed by atoms with van der Waals surface area (Å²) in [6.07, 6.45) is 3.39. The number of ether oxygens (including phenoxy) is 1. The summed E-state index contributed by atoms with van der Waals surface area (Å²) in [6, 6.07) is 7.57. The molecule has 1 aromatic rings. The van der Waals surface area contributed by atoms with Crippen molar-refractivity contribution in [3.05, 3.63) is 34.9 Å². The van der Waals surface area contributed by atoms with Crippen LogP contribution in [0.4, 0.5) is 0 Å². The lowest BCUT2D eigenvalue weighted by Gasteiger charge is -2.27. The van der Waals surface area contributed by atoms with E-state index in [-0.39, 0.29) is 18.4 Å². The van der Waals surface area contributed by atoms with Gasteiger partial charge < -0.3 is 15.2 Å². The van der Waals surface area contributed by atoms with Crippen LogP contribution in [0.25, 0.3) is 0 Å². The van der Waals surface area contributed by atoms with Gasteiger partial charge in [0.2, 0.25) is 5.91 Å². The van der Waals surface area contributed by atoms with Crippen LogP contribution in [0.2, 0.25) is 5.02 Å². The van der Waals surface area contributed by atoms with Crippen molar-refractivity contribution in [1.29, 1.82) is 0 Å². The number of aryl methyl sites for hydroxylation is 1. The van der Waals surface area contributed by atoms with Crippen molar-refractivity contribution in [3.63, 3.8) is 0 Å². The highest BCUT2D eigenvalue weighted by molar-refractivity contribution is 6.30. The van der Waals surface area contributed by atoms with Crippen LogP contribution in [0, 0.1) is 11.8 Å². The van der Waals surface area contributed by atoms with Gasteiger partial charge in [-0.2, -0.15) is 0 Å². The second-order valence-electron chi connectivity index (χ2n) is 6.18. The molecule has 0 bridgehead atoms. The molecule has 24 heavy (non-hydrogen) atoms. The molecule has 2 N–H and O–H groups in total. The van der Waals surface area contributed by atoms with E-state index in [4.69, 9.17) is 16.3 Å². The number of halogens is 1. The number of carboxylic acids is 1. The van der Waals surface area contributed by atoms with Crippen molar-refractivity contribution < 1.29 is 19.4 Å². The van der Waals surface area contributed by atoms with Crippen molar-refractivity contribution in [3.8, 4) is 0 Å². The Morgan fingerprint density at radius 1 is 1.25 bits per heavy atom. The number of carbonyl (C=O) groups excluding carboxylic acids is 1. The Morgan fingerprint density at radius 2 is 1.92 bits per heavy atom. The summed E-state index contributed by atoms with van der Waals surface area (Å²) in [4.78, 5) is 23.4. The first kappa shape index (κ1) is 18.7. The molecular weight excluding hydrogens is 330 g/mol. The number of carboxylic acid groups (broad SMARTS) is 1. The Kier molecular flexibility index (Phi) is 7.53. The lowest BCUT2D eigenvalue weighted by Crippen LogP contribution is -2.38. The van der Waals surface area contributed by atoms with Crippen LogP contribution in [0.15, 0.2) is 24.3 Å². The smallest absolute Gasteiger partial charge is 0.308 e. The fourth-order valence-electron chi connectivity index (χ4n) is 2.99. The van der Waals surface area contributed by atoms with E-state index in [2.05, 4.69) is 5.32 Å². The number of amides is 1. The average molecular weight is 354 g/mol. The van der Waals surface area contributed by atoms with Crippen LogP contribution < -0.4 is 5.32 Å². The van der Waals surface area contributed by atoms with Gasteiger partial charge in [-0.1, -0.05) is 23.7 Å². The molecule has 132 valence electrons. The van der Waals surface area contributed by atoms with Gasteiger partial charge in [0.15, 0.2) is 0 Å². The molecule has 2 rings (SSSR count). The molecule has 1 fully saturated rings. The maximum Gasteiger partial charge on any atom is 0.308 e. The molecule has 1 heterocycles. The number of benzene rings is 1. The number of carbonyl (C=O) groups is 2. The van der Waals surface area contributed by atoms with Crippen LogP contribution in [0.3, 0.4) is 0 Å². The lowest BCUT2D eigenvalue weighted by molar-refractivity contribution is -0.144. The number of hydrogen-bond acceptors (Lipinski definition) is 3. The Hall–Kier alpha value is -1.59. The standard InChI is InChI=1S/C18H24ClNO4/c19-15-6-4-13(5-7-15)2-1-3-17(21)20-12-16(18(22)23)14-8-10-24-11-9-14/h4-7,14,16H,1-3,8-12H2,(H,20,21)(H,22,23). The first-order chi connectivity index (χ1) is 11.6. The molecule has 1 unspecified atom stereocenters. The first-order valence-electron chi connectivity index (χ1n) is 8.38. The van der Waals surface area contributed by atoms with Crippen molar-refractivity contribution in [2.45, 2.75) is 32.1 Å². The van der Waals surface area contributed by atoms with E-state index in [1.54, 1.807) is 0 Å². The molecule has 0 spiro atoms. The fourth-order valence-corrected chi connectivity index (χ4v) is 3.12. The monoisotopic (exact) mass is 353 g/mol. The average Bonchev–Trinajstić information content (AvgIpc) is 2.57. The van der Waals surface area contributed by atoms with Gasteiger partial charge in [0.25, 0.3) is 0 Å². The van der Waals surface area contributed by atoms with Crippen LogP contribution >= 0.6 is 11.6 Å². The Morgan fingerprint density at radius 3 is 2.54 bits per heavy atom. The summed E-state index contributed by atoms with van der Waals surface area (Å²) in [7, 11) is 0. The van der Waals surface area contributed by atoms with Crippen molar-refractivity contribution >= 4 is 23.5 Å². The van der Waals surface area contributed by atoms with Gasteiger partial charge in [0.1, 0.15) is 0 Å². The zero-order valence-corrected chi connectivity index (χ0v) is 14.4. The van der Waals surface area contributed by atoms with Crippen LogP contribution in [-0.4, -0.2) is 36.7 Å². The molecule has 1 amide bonds. The molecule has 0 aliphatic carbocycles. The van der Waals surface area contributed by atoms with E-state index in [1.165, 1.54) is 0 Å². The summed E-state index contributed by atoms with van der Waals surface area (Å²) in [5.74, 6) is -1.40. The number of rotatable bonds is 8. The molecule has 1 atom stereocenters. The molecule has 1 aliphatic heterocycles. The third-order valence-corrected chi connectivity index (χ3v) is 4.71. The van der Waals surface area contributed by atoms with E-state index in [0.717, 1.165) is 31.2 Å². The van der Waals surface area contributed by atoms with Crippen LogP contribution in [-0.2, 0) is 20.7 Å². The molecule has 0 radical (unpaired) electrons. The summed E-state index contributed by atoms with van der Waals surface area (Å²) in [5.41, 5.74) is 1.14. The molecular formula is C18H24ClNO4. The minimum absolute atomic E-state index is 0.0746. The van der Waals surface area contributed by atoms with Gasteiger partial charge >= 0.3 is 5.97 Å². The second-order valence-corrected chi connectivity index (χ2v) is 6.62. The summed E-state index contributed by atoms with van der Waals surface area (Å²) in [5, 5.41) is 12.9. The Bertz CT molecular complexity index is 540. The molecule has 0 aromatic heterocycles. The number of aliphatic carboxylic acids is 1. The Balaban J connectivity index is 1.70. The van der Waals surface area contributed by atoms with E-state index in [9.17, 15) is 14.7 Å². The van der Waals surface area contributed by atoms with Crippen LogP contribution in [0.1, 0.15) is 31.2 Å². The Labute approximate surface area is 147 Å². The van der Waals surface area contributed by atoms with Gasteiger partial charge in [-0.25, -0.2) is 0 Å². The summed E-state index contributed by atoms with van der Waals surface area (Å²) in [6.45, 7) is 1.40. The zero-order valence-electron chi connectivity index (χ0n) is 13.7. The minimum atomic E-state index is -0.844. The number of nitrogens with one attached hydrogen (secondary N) is 1. The maximum atomic E-state index is 11.9. The molecule has 6 heteroatoms. The van der Waals surface area contributed by atoms with Gasteiger partial charge in [-0.3, -0.25) is 9.59 Å². The van der Waals surface area contributed by atoms with Crippen molar-refractivity contribution in [2.75, 3.05) is 19.8 Å². The molecule has 5 nitrogen and oxygen atoms in total. The van der Waals surface area contributed by atoms with E-state index in [1.807, 2.05) is 24.3 Å². The normalized spacial score (nSPS) is 16.5. The number of hydrogen-bond donors (Lipinski definition) is 2. The molecule has 1 aliphatic rings. The first-order valence-corrected chi connectivity index (χ1v) is 8.75. The molecule has 0 saturated carbocycles. The van der Waals surface area contributed by atoms with E-state index in [0.29, 0.717) is 24.7 Å². The predicted molar refractivity (Wildman–Crippen MR) is 92.1 cm³/mol. The van der Waals surface area contributed by atoms with E-state index >= 15 is 0 Å². The van der Waals surface area contributed by atoms with Gasteiger partial charge in [-0.15, -0.1) is 0 Å². The van der Waals surface area contributed by atoms with E-state index < -0.39 is 11.9 Å². The molecule has 1 aromatic carbocycles. The summed E-state index contributed by atoms with van der Waals surface area (Å²) >= 11 is 5.84. The highest BCUT2D eigenvalue weighted by Crippen LogP contribution is 2.23. The fraction of sp³-hybridized carbons (Fsp3) is 0.556. The minimum Gasteiger partial charge on any atom is -0.481 e. The van der Waals surface area contributed by atoms with Gasteiger partial charge in [-0.05, 0) is 49.3 Å². The predicted octanol–water partition coefficient (Wildman–Crippen LogP) is 2.91. The molecule has 1 saturated heterocycles. The zero-order chi connectivity index (χ0) is 17.4. The topological polar surface area (TPSA) is 75.6 Å². The SMILES string of the molecule is O=C(CCCc1ccc(Cl)cc1)NCC(C(=O)O)C1CCOCC1. The summed E-state index contributed by atoms with van der Waals surface area (Å²) < 4.78 is 5.27. The van der Waals surface area contributed by atoms with Gasteiger partial charge in [0.05, 0.1) is 5.92 Å². The highest BCUT2D eigenvalue weighted by Gasteiger charge is 2.29. The highest BCUT2D eigenvalue weighted by atomic mass is 35.5. The third-order valence-electron chi connectivity index (χ3n) is 4.45. The maximum absolute atomic E-state index is 11.9. The van der Waals surface area contributed by atoms with Crippen molar-refractivity contribution in [2.24, 2.45) is 11.8 Å². The van der Waals surface area contributed by atoms with Gasteiger partial charge in [0, 0.05) is 31.2 Å². The quantitative estimate of drug-likeness (QED) is 0.753. The third kappa shape index (κ3) is 6.13. The largest absolute Gasteiger partial charge is 0.481 e. The van der Waals surface area contributed by atoms with Crippen molar-refractivity contribution in [1.82, 2.24) is 5.32 Å². The lowest BCUT2D eigenvalue weighted by atomic mass is 9.86.